The van der Waals surface area contributed by atoms with Crippen LogP contribution in [0.2, 0.25) is 0 Å². The Balaban J connectivity index is 1.72. The molecule has 2 aromatic rings. The summed E-state index contributed by atoms with van der Waals surface area (Å²) in [7, 11) is 0. The molecule has 0 aromatic heterocycles. The van der Waals surface area contributed by atoms with Gasteiger partial charge in [-0.3, -0.25) is 9.59 Å². The molecule has 30 heavy (non-hydrogen) atoms. The summed E-state index contributed by atoms with van der Waals surface area (Å²) in [6.45, 7) is 7.01. The number of hydrogen-bond donors (Lipinski definition) is 1. The minimum absolute atomic E-state index is 0.0484. The van der Waals surface area contributed by atoms with Crippen LogP contribution in [0.1, 0.15) is 55.2 Å². The zero-order valence-electron chi connectivity index (χ0n) is 17.9. The molecular weight excluding hydrogens is 382 g/mol. The van der Waals surface area contributed by atoms with Crippen LogP contribution in [0.25, 0.3) is 0 Å². The maximum Gasteiger partial charge on any atom is 0.344 e. The first kappa shape index (κ1) is 23.1. The molecule has 0 radical (unpaired) electrons. The molecule has 0 spiro atoms. The van der Waals surface area contributed by atoms with Crippen LogP contribution >= 0.6 is 0 Å². The lowest BCUT2D eigenvalue weighted by Crippen LogP contribution is -2.32. The molecule has 0 unspecified atom stereocenters. The number of ether oxygens (including phenoxy) is 2. The molecule has 6 heteroatoms. The summed E-state index contributed by atoms with van der Waals surface area (Å²) in [4.78, 5) is 35.1. The maximum absolute atomic E-state index is 12.1. The summed E-state index contributed by atoms with van der Waals surface area (Å²) in [5.41, 5.74) is 2.81. The molecule has 160 valence electrons. The van der Waals surface area contributed by atoms with E-state index in [1.54, 1.807) is 24.3 Å². The second-order valence-corrected chi connectivity index (χ2v) is 7.66. The van der Waals surface area contributed by atoms with Gasteiger partial charge in [-0.2, -0.15) is 0 Å². The molecular formula is C24H29NO5. The Labute approximate surface area is 177 Å². The molecule has 0 aliphatic rings. The van der Waals surface area contributed by atoms with Gasteiger partial charge in [-0.15, -0.1) is 0 Å². The van der Waals surface area contributed by atoms with Gasteiger partial charge in [0.25, 0.3) is 5.91 Å². The molecule has 2 aromatic carbocycles. The SMILES string of the molecule is CC(=O)c1ccc(OCC(=O)OCC(=O)N[C@@H](C)c2ccc(CC(C)C)cc2)cc1. The molecule has 6 nitrogen and oxygen atoms in total. The summed E-state index contributed by atoms with van der Waals surface area (Å²) in [5, 5.41) is 2.81. The van der Waals surface area contributed by atoms with E-state index in [0.717, 1.165) is 12.0 Å². The van der Waals surface area contributed by atoms with E-state index in [-0.39, 0.29) is 30.9 Å². The van der Waals surface area contributed by atoms with E-state index in [2.05, 4.69) is 31.3 Å². The van der Waals surface area contributed by atoms with Gasteiger partial charge in [-0.25, -0.2) is 4.79 Å². The van der Waals surface area contributed by atoms with E-state index in [1.165, 1.54) is 12.5 Å². The van der Waals surface area contributed by atoms with E-state index in [1.807, 2.05) is 19.1 Å². The van der Waals surface area contributed by atoms with Crippen LogP contribution in [0.3, 0.4) is 0 Å². The zero-order chi connectivity index (χ0) is 22.1. The second-order valence-electron chi connectivity index (χ2n) is 7.66. The van der Waals surface area contributed by atoms with Crippen molar-refractivity contribution >= 4 is 17.7 Å². The largest absolute Gasteiger partial charge is 0.482 e. The molecule has 0 fully saturated rings. The number of ketones is 1. The van der Waals surface area contributed by atoms with Crippen molar-refractivity contribution in [3.8, 4) is 5.75 Å². The molecule has 2 rings (SSSR count). The monoisotopic (exact) mass is 411 g/mol. The standard InChI is InChI=1S/C24H29NO5/c1-16(2)13-19-5-7-20(8-6-19)17(3)25-23(27)14-30-24(28)15-29-22-11-9-21(10-12-22)18(4)26/h5-12,16-17H,13-15H2,1-4H3,(H,25,27)/t17-/m0/s1. The molecule has 1 amide bonds. The topological polar surface area (TPSA) is 81.7 Å². The summed E-state index contributed by atoms with van der Waals surface area (Å²) < 4.78 is 10.3. The first-order chi connectivity index (χ1) is 14.2. The van der Waals surface area contributed by atoms with Crippen molar-refractivity contribution in [3.05, 3.63) is 65.2 Å². The fourth-order valence-corrected chi connectivity index (χ4v) is 2.90. The van der Waals surface area contributed by atoms with Gasteiger partial charge in [0, 0.05) is 5.56 Å². The summed E-state index contributed by atoms with van der Waals surface area (Å²) in [6.07, 6.45) is 1.01. The van der Waals surface area contributed by atoms with Crippen molar-refractivity contribution in [2.24, 2.45) is 5.92 Å². The van der Waals surface area contributed by atoms with Crippen LogP contribution in [-0.2, 0) is 20.7 Å². The molecule has 1 N–H and O–H groups in total. The van der Waals surface area contributed by atoms with Gasteiger partial charge >= 0.3 is 5.97 Å². The van der Waals surface area contributed by atoms with Crippen LogP contribution in [-0.4, -0.2) is 30.9 Å². The Kier molecular flexibility index (Phi) is 8.59. The minimum Gasteiger partial charge on any atom is -0.482 e. The smallest absolute Gasteiger partial charge is 0.344 e. The molecule has 0 saturated heterocycles. The van der Waals surface area contributed by atoms with Crippen molar-refractivity contribution in [2.75, 3.05) is 13.2 Å². The molecule has 0 heterocycles. The number of rotatable bonds is 10. The van der Waals surface area contributed by atoms with Crippen molar-refractivity contribution in [1.29, 1.82) is 0 Å². The number of Topliss-reactive ketones (excluding diaryl/α,β-unsaturated/α-hetero) is 1. The van der Waals surface area contributed by atoms with Gasteiger partial charge in [0.2, 0.25) is 0 Å². The Morgan fingerprint density at radius 1 is 0.900 bits per heavy atom. The van der Waals surface area contributed by atoms with Gasteiger partial charge < -0.3 is 14.8 Å². The number of carbonyl (C=O) groups excluding carboxylic acids is 3. The van der Waals surface area contributed by atoms with E-state index < -0.39 is 5.97 Å². The average molecular weight is 411 g/mol. The first-order valence-electron chi connectivity index (χ1n) is 10.0. The van der Waals surface area contributed by atoms with Crippen LogP contribution < -0.4 is 10.1 Å². The summed E-state index contributed by atoms with van der Waals surface area (Å²) in [6, 6.07) is 14.4. The number of benzene rings is 2. The van der Waals surface area contributed by atoms with Crippen molar-refractivity contribution in [1.82, 2.24) is 5.32 Å². The Morgan fingerprint density at radius 2 is 1.53 bits per heavy atom. The fourth-order valence-electron chi connectivity index (χ4n) is 2.90. The van der Waals surface area contributed by atoms with Gasteiger partial charge in [0.05, 0.1) is 6.04 Å². The van der Waals surface area contributed by atoms with Gasteiger partial charge in [-0.1, -0.05) is 38.1 Å². The van der Waals surface area contributed by atoms with Crippen molar-refractivity contribution < 1.29 is 23.9 Å². The van der Waals surface area contributed by atoms with Gasteiger partial charge in [0.15, 0.2) is 19.0 Å². The average Bonchev–Trinajstić information content (AvgIpc) is 2.71. The normalized spacial score (nSPS) is 11.6. The summed E-state index contributed by atoms with van der Waals surface area (Å²) >= 11 is 0. The molecule has 1 atom stereocenters. The highest BCUT2D eigenvalue weighted by Crippen LogP contribution is 2.16. The van der Waals surface area contributed by atoms with E-state index in [0.29, 0.717) is 17.2 Å². The lowest BCUT2D eigenvalue weighted by atomic mass is 10.00. The Bertz CT molecular complexity index is 856. The second kappa shape index (κ2) is 11.1. The maximum atomic E-state index is 12.1. The van der Waals surface area contributed by atoms with Crippen LogP contribution in [0.4, 0.5) is 0 Å². The van der Waals surface area contributed by atoms with E-state index >= 15 is 0 Å². The lowest BCUT2D eigenvalue weighted by Gasteiger charge is -2.15. The highest BCUT2D eigenvalue weighted by molar-refractivity contribution is 5.94. The fraction of sp³-hybridized carbons (Fsp3) is 0.375. The molecule has 0 bridgehead atoms. The predicted molar refractivity (Wildman–Crippen MR) is 114 cm³/mol. The van der Waals surface area contributed by atoms with E-state index in [4.69, 9.17) is 9.47 Å². The number of esters is 1. The number of hydrogen-bond acceptors (Lipinski definition) is 5. The molecule has 0 aliphatic heterocycles. The predicted octanol–water partition coefficient (Wildman–Crippen LogP) is 3.89. The molecule has 0 aliphatic carbocycles. The summed E-state index contributed by atoms with van der Waals surface area (Å²) in [5.74, 6) is -0.0467. The highest BCUT2D eigenvalue weighted by Gasteiger charge is 2.13. The highest BCUT2D eigenvalue weighted by atomic mass is 16.6. The Morgan fingerprint density at radius 3 is 2.10 bits per heavy atom. The van der Waals surface area contributed by atoms with Crippen molar-refractivity contribution in [3.63, 3.8) is 0 Å². The van der Waals surface area contributed by atoms with E-state index in [9.17, 15) is 14.4 Å². The third-order valence-electron chi connectivity index (χ3n) is 4.48. The van der Waals surface area contributed by atoms with Crippen LogP contribution in [0, 0.1) is 5.92 Å². The molecule has 0 saturated carbocycles. The third kappa shape index (κ3) is 7.70. The number of amides is 1. The zero-order valence-corrected chi connectivity index (χ0v) is 17.9. The van der Waals surface area contributed by atoms with Crippen LogP contribution in [0.15, 0.2) is 48.5 Å². The van der Waals surface area contributed by atoms with Crippen molar-refractivity contribution in [2.45, 2.75) is 40.2 Å². The Hall–Kier alpha value is -3.15. The van der Waals surface area contributed by atoms with Gasteiger partial charge in [-0.05, 0) is 61.6 Å². The van der Waals surface area contributed by atoms with Gasteiger partial charge in [0.1, 0.15) is 5.75 Å². The van der Waals surface area contributed by atoms with Crippen LogP contribution in [0.5, 0.6) is 5.75 Å². The minimum atomic E-state index is -0.647. The lowest BCUT2D eigenvalue weighted by molar-refractivity contribution is -0.150. The number of nitrogens with one attached hydrogen (secondary N) is 1. The third-order valence-corrected chi connectivity index (χ3v) is 4.48. The quantitative estimate of drug-likeness (QED) is 0.474. The number of carbonyl (C=O) groups is 3. The first-order valence-corrected chi connectivity index (χ1v) is 10.0.